The third kappa shape index (κ3) is 7.61. The molecule has 2 aliphatic rings. The molecule has 1 heterocycles. The third-order valence-corrected chi connectivity index (χ3v) is 4.74. The minimum atomic E-state index is -4.19. The topological polar surface area (TPSA) is 32.3 Å². The number of nitrogens with zero attached hydrogens (tertiary/aromatic N) is 1. The van der Waals surface area contributed by atoms with Crippen LogP contribution in [-0.2, 0) is 4.79 Å². The number of carbonyl (C=O) groups excluding carboxylic acids is 1. The predicted molar refractivity (Wildman–Crippen MR) is 81.0 cm³/mol. The van der Waals surface area contributed by atoms with E-state index in [1.54, 1.807) is 11.8 Å². The van der Waals surface area contributed by atoms with Gasteiger partial charge in [-0.1, -0.05) is 0 Å². The highest BCUT2D eigenvalue weighted by molar-refractivity contribution is 7.99. The van der Waals surface area contributed by atoms with Crippen molar-refractivity contribution in [3.05, 3.63) is 0 Å². The number of hydrogen-bond acceptors (Lipinski definition) is 3. The van der Waals surface area contributed by atoms with Gasteiger partial charge in [-0.25, -0.2) is 0 Å². The van der Waals surface area contributed by atoms with E-state index >= 15 is 0 Å². The number of amides is 1. The Morgan fingerprint density at radius 2 is 2.05 bits per heavy atom. The van der Waals surface area contributed by atoms with Gasteiger partial charge in [-0.15, -0.1) is 12.4 Å². The maximum absolute atomic E-state index is 12.3. The van der Waals surface area contributed by atoms with E-state index in [2.05, 4.69) is 5.32 Å². The van der Waals surface area contributed by atoms with Gasteiger partial charge < -0.3 is 10.2 Å². The van der Waals surface area contributed by atoms with Crippen molar-refractivity contribution in [2.45, 2.75) is 37.9 Å². The molecular weight excluding hydrogens is 325 g/mol. The molecule has 3 nitrogen and oxygen atoms in total. The van der Waals surface area contributed by atoms with Gasteiger partial charge in [-0.2, -0.15) is 24.9 Å². The molecule has 0 aromatic carbocycles. The molecule has 1 atom stereocenters. The van der Waals surface area contributed by atoms with Crippen LogP contribution in [0.4, 0.5) is 13.2 Å². The molecule has 0 bridgehead atoms. The lowest BCUT2D eigenvalue weighted by Crippen LogP contribution is -2.43. The van der Waals surface area contributed by atoms with Gasteiger partial charge in [0.15, 0.2) is 0 Å². The van der Waals surface area contributed by atoms with Crippen LogP contribution in [0.3, 0.4) is 0 Å². The molecular formula is C13H22ClF3N2OS. The van der Waals surface area contributed by atoms with Crippen molar-refractivity contribution in [3.8, 4) is 0 Å². The van der Waals surface area contributed by atoms with E-state index in [1.165, 1.54) is 4.90 Å². The fraction of sp³-hybridized carbons (Fsp3) is 0.923. The van der Waals surface area contributed by atoms with E-state index in [1.807, 2.05) is 0 Å². The molecule has 8 heteroatoms. The first-order valence-corrected chi connectivity index (χ1v) is 8.25. The van der Waals surface area contributed by atoms with Crippen molar-refractivity contribution >= 4 is 30.1 Å². The highest BCUT2D eigenvalue weighted by atomic mass is 35.5. The van der Waals surface area contributed by atoms with Crippen LogP contribution in [0.5, 0.6) is 0 Å². The van der Waals surface area contributed by atoms with Gasteiger partial charge >= 0.3 is 6.18 Å². The molecule has 1 amide bonds. The van der Waals surface area contributed by atoms with Crippen molar-refractivity contribution < 1.29 is 18.0 Å². The summed E-state index contributed by atoms with van der Waals surface area (Å²) in [6, 6.07) is 0.105. The molecule has 1 saturated carbocycles. The van der Waals surface area contributed by atoms with Crippen LogP contribution in [-0.4, -0.2) is 54.2 Å². The normalized spacial score (nSPS) is 22.5. The largest absolute Gasteiger partial charge is 0.390 e. The van der Waals surface area contributed by atoms with Gasteiger partial charge in [0, 0.05) is 43.6 Å². The lowest BCUT2D eigenvalue weighted by atomic mass is 10.2. The van der Waals surface area contributed by atoms with Crippen molar-refractivity contribution in [2.75, 3.05) is 31.1 Å². The zero-order valence-corrected chi connectivity index (χ0v) is 13.5. The molecule has 1 aliphatic heterocycles. The predicted octanol–water partition coefficient (Wildman–Crippen LogP) is 2.69. The fourth-order valence-corrected chi connectivity index (χ4v) is 3.23. The molecule has 0 radical (unpaired) electrons. The maximum Gasteiger partial charge on any atom is 0.390 e. The van der Waals surface area contributed by atoms with Crippen LogP contribution in [0, 0.1) is 5.92 Å². The lowest BCUT2D eigenvalue weighted by Gasteiger charge is -2.28. The Morgan fingerprint density at radius 1 is 1.33 bits per heavy atom. The second-order valence-electron chi connectivity index (χ2n) is 5.58. The Bertz CT molecular complexity index is 334. The van der Waals surface area contributed by atoms with Crippen LogP contribution < -0.4 is 5.32 Å². The summed E-state index contributed by atoms with van der Waals surface area (Å²) in [4.78, 5) is 13.6. The number of halogens is 4. The van der Waals surface area contributed by atoms with Crippen molar-refractivity contribution in [3.63, 3.8) is 0 Å². The van der Waals surface area contributed by atoms with Crippen LogP contribution >= 0.6 is 24.2 Å². The highest BCUT2D eigenvalue weighted by Crippen LogP contribution is 2.30. The minimum Gasteiger partial charge on any atom is -0.342 e. The first-order valence-electron chi connectivity index (χ1n) is 7.10. The Labute approximate surface area is 133 Å². The number of nitrogens with one attached hydrogen (secondary N) is 1. The van der Waals surface area contributed by atoms with Gasteiger partial charge in [0.25, 0.3) is 0 Å². The zero-order chi connectivity index (χ0) is 14.6. The summed E-state index contributed by atoms with van der Waals surface area (Å²) >= 11 is 1.79. The molecule has 21 heavy (non-hydrogen) atoms. The molecule has 124 valence electrons. The average Bonchev–Trinajstić information content (AvgIpc) is 3.18. The fourth-order valence-electron chi connectivity index (χ4n) is 2.28. The second-order valence-corrected chi connectivity index (χ2v) is 6.73. The third-order valence-electron chi connectivity index (χ3n) is 3.61. The summed E-state index contributed by atoms with van der Waals surface area (Å²) in [5.74, 6) is 2.18. The lowest BCUT2D eigenvalue weighted by molar-refractivity contribution is -0.145. The minimum absolute atomic E-state index is 0. The number of thioether (sulfide) groups is 1. The Morgan fingerprint density at radius 3 is 2.57 bits per heavy atom. The molecule has 1 unspecified atom stereocenters. The van der Waals surface area contributed by atoms with Gasteiger partial charge in [0.1, 0.15) is 0 Å². The first-order chi connectivity index (χ1) is 9.44. The maximum atomic E-state index is 12.3. The first kappa shape index (κ1) is 18.9. The summed E-state index contributed by atoms with van der Waals surface area (Å²) in [5, 5.41) is 3.26. The van der Waals surface area contributed by atoms with E-state index in [0.29, 0.717) is 18.9 Å². The van der Waals surface area contributed by atoms with Crippen LogP contribution in [0.2, 0.25) is 0 Å². The quantitative estimate of drug-likeness (QED) is 0.802. The Kier molecular flexibility index (Phi) is 7.64. The van der Waals surface area contributed by atoms with Gasteiger partial charge in [0.05, 0.1) is 6.42 Å². The molecule has 2 fully saturated rings. The average molecular weight is 347 g/mol. The van der Waals surface area contributed by atoms with Gasteiger partial charge in [0.2, 0.25) is 5.91 Å². The van der Waals surface area contributed by atoms with Crippen LogP contribution in [0.1, 0.15) is 25.7 Å². The van der Waals surface area contributed by atoms with Gasteiger partial charge in [-0.3, -0.25) is 4.79 Å². The number of alkyl halides is 3. The number of rotatable bonds is 6. The zero-order valence-electron chi connectivity index (χ0n) is 11.8. The Hall–Kier alpha value is -0.140. The molecule has 2 rings (SSSR count). The SMILES string of the molecule is Cl.O=C(CC1CSCCN1)N(CCC(F)(F)F)CC1CC1. The van der Waals surface area contributed by atoms with Crippen molar-refractivity contribution in [2.24, 2.45) is 5.92 Å². The van der Waals surface area contributed by atoms with E-state index < -0.39 is 12.6 Å². The summed E-state index contributed by atoms with van der Waals surface area (Å²) in [7, 11) is 0. The van der Waals surface area contributed by atoms with Crippen LogP contribution in [0.25, 0.3) is 0 Å². The van der Waals surface area contributed by atoms with Gasteiger partial charge in [-0.05, 0) is 18.8 Å². The van der Waals surface area contributed by atoms with E-state index in [-0.39, 0.29) is 30.9 Å². The van der Waals surface area contributed by atoms with E-state index in [4.69, 9.17) is 0 Å². The van der Waals surface area contributed by atoms with E-state index in [9.17, 15) is 18.0 Å². The molecule has 0 aromatic rings. The van der Waals surface area contributed by atoms with Crippen LogP contribution in [0.15, 0.2) is 0 Å². The monoisotopic (exact) mass is 346 g/mol. The standard InChI is InChI=1S/C13H21F3N2OS.ClH/c14-13(15,16)3-5-18(8-10-1-2-10)12(19)7-11-9-20-6-4-17-11;/h10-11,17H,1-9H2;1H. The number of hydrogen-bond donors (Lipinski definition) is 1. The second kappa shape index (κ2) is 8.48. The molecule has 0 spiro atoms. The van der Waals surface area contributed by atoms with Crippen molar-refractivity contribution in [1.82, 2.24) is 10.2 Å². The highest BCUT2D eigenvalue weighted by Gasteiger charge is 2.32. The summed E-state index contributed by atoms with van der Waals surface area (Å²) in [6.07, 6.45) is -2.71. The molecule has 1 aliphatic carbocycles. The smallest absolute Gasteiger partial charge is 0.342 e. The Balaban J connectivity index is 0.00000220. The van der Waals surface area contributed by atoms with E-state index in [0.717, 1.165) is 30.9 Å². The number of carbonyl (C=O) groups is 1. The molecule has 0 aromatic heterocycles. The molecule has 1 saturated heterocycles. The summed E-state index contributed by atoms with van der Waals surface area (Å²) in [6.45, 7) is 1.17. The molecule has 1 N–H and O–H groups in total. The summed E-state index contributed by atoms with van der Waals surface area (Å²) in [5.41, 5.74) is 0. The summed E-state index contributed by atoms with van der Waals surface area (Å²) < 4.78 is 37.0. The van der Waals surface area contributed by atoms with Crippen molar-refractivity contribution in [1.29, 1.82) is 0 Å².